The third kappa shape index (κ3) is 3.95. The molecular weight excluding hydrogens is 198 g/mol. The van der Waals surface area contributed by atoms with Crippen LogP contribution < -0.4 is 5.32 Å². The lowest BCUT2D eigenvalue weighted by Crippen LogP contribution is -2.46. The molecule has 0 aliphatic rings. The van der Waals surface area contributed by atoms with Crippen LogP contribution in [0.2, 0.25) is 0 Å². The molecule has 0 aromatic rings. The van der Waals surface area contributed by atoms with Gasteiger partial charge in [0.25, 0.3) is 0 Å². The van der Waals surface area contributed by atoms with Gasteiger partial charge in [-0.05, 0) is 12.0 Å². The monoisotopic (exact) mass is 213 g/mol. The quantitative estimate of drug-likeness (QED) is 0.348. The number of methoxy groups -OCH3 is 1. The molecule has 2 atom stereocenters. The minimum atomic E-state index is -1.18. The minimum absolute atomic E-state index is 0.325. The number of ether oxygens (including phenoxy) is 1. The van der Waals surface area contributed by atoms with Crippen LogP contribution in [0.25, 0.3) is 0 Å². The molecule has 0 aromatic carbocycles. The average Bonchev–Trinajstić information content (AvgIpc) is 2.24. The summed E-state index contributed by atoms with van der Waals surface area (Å²) in [6, 6.07) is -1.13. The molecule has 0 bridgehead atoms. The highest BCUT2D eigenvalue weighted by Gasteiger charge is 2.28. The molecule has 15 heavy (non-hydrogen) atoms. The van der Waals surface area contributed by atoms with Crippen molar-refractivity contribution in [3.63, 3.8) is 0 Å². The fourth-order valence-electron chi connectivity index (χ4n) is 1.03. The first-order chi connectivity index (χ1) is 7.08. The minimum Gasteiger partial charge on any atom is -0.467 e. The number of hydrogen-bond acceptors (Lipinski definition) is 4. The molecule has 0 spiro atoms. The molecule has 84 valence electrons. The first-order valence-corrected chi connectivity index (χ1v) is 4.32. The highest BCUT2D eigenvalue weighted by molar-refractivity contribution is 5.79. The molecule has 0 radical (unpaired) electrons. The van der Waals surface area contributed by atoms with E-state index in [1.54, 1.807) is 6.08 Å². The lowest BCUT2D eigenvalue weighted by molar-refractivity contribution is -0.146. The maximum atomic E-state index is 11.2. The van der Waals surface area contributed by atoms with E-state index in [-0.39, 0.29) is 0 Å². The second kappa shape index (κ2) is 6.78. The van der Waals surface area contributed by atoms with Gasteiger partial charge in [-0.2, -0.15) is 0 Å². The van der Waals surface area contributed by atoms with Crippen molar-refractivity contribution >= 4 is 12.4 Å². The fourth-order valence-corrected chi connectivity index (χ4v) is 1.03. The van der Waals surface area contributed by atoms with Crippen LogP contribution in [0.5, 0.6) is 0 Å². The van der Waals surface area contributed by atoms with Crippen LogP contribution in [0.4, 0.5) is 0 Å². The van der Waals surface area contributed by atoms with Crippen LogP contribution in [-0.4, -0.2) is 36.7 Å². The normalized spacial score (nSPS) is 13.5. The highest BCUT2D eigenvalue weighted by Crippen LogP contribution is 2.10. The van der Waals surface area contributed by atoms with E-state index in [0.29, 0.717) is 18.4 Å². The summed E-state index contributed by atoms with van der Waals surface area (Å²) >= 11 is 0. The summed E-state index contributed by atoms with van der Waals surface area (Å²) in [4.78, 5) is 21.4. The number of amides is 1. The number of nitrogens with one attached hydrogen (secondary N) is 1. The molecule has 0 rings (SSSR count). The number of carbonyl (C=O) groups excluding carboxylic acids is 2. The van der Waals surface area contributed by atoms with Crippen LogP contribution in [0.1, 0.15) is 6.42 Å². The highest BCUT2D eigenvalue weighted by atomic mass is 16.5. The maximum absolute atomic E-state index is 11.2. The smallest absolute Gasteiger partial charge is 0.331 e. The van der Waals surface area contributed by atoms with Crippen LogP contribution in [0.15, 0.2) is 24.8 Å². The molecule has 1 amide bonds. The lowest BCUT2D eigenvalue weighted by Gasteiger charge is -2.21. The Balaban J connectivity index is 4.59. The van der Waals surface area contributed by atoms with E-state index in [1.165, 1.54) is 7.11 Å². The Kier molecular flexibility index (Phi) is 6.05. The molecular formula is C10H15NO4. The molecule has 2 unspecified atom stereocenters. The van der Waals surface area contributed by atoms with Gasteiger partial charge in [0.1, 0.15) is 6.10 Å². The number of carbonyl (C=O) groups is 2. The average molecular weight is 213 g/mol. The molecule has 2 N–H and O–H groups in total. The van der Waals surface area contributed by atoms with Gasteiger partial charge in [0.15, 0.2) is 6.04 Å². The molecule has 5 heteroatoms. The summed E-state index contributed by atoms with van der Waals surface area (Å²) in [6.45, 7) is 7.05. The van der Waals surface area contributed by atoms with Gasteiger partial charge in [0, 0.05) is 0 Å². The predicted octanol–water partition coefficient (Wildman–Crippen LogP) is -0.233. The largest absolute Gasteiger partial charge is 0.467 e. The third-order valence-electron chi connectivity index (χ3n) is 1.84. The van der Waals surface area contributed by atoms with Gasteiger partial charge in [-0.25, -0.2) is 4.79 Å². The summed E-state index contributed by atoms with van der Waals surface area (Å²) in [5.74, 6) is -0.722. The standard InChI is InChI=1S/C10H15NO4/c1-4-5-7(2)9(13)8(11-6-12)10(14)15-3/h4,6,8-9,13H,1-2,5H2,3H3,(H,11,12). The van der Waals surface area contributed by atoms with Crippen molar-refractivity contribution in [2.45, 2.75) is 18.6 Å². The Hall–Kier alpha value is -1.62. The van der Waals surface area contributed by atoms with E-state index in [4.69, 9.17) is 0 Å². The summed E-state index contributed by atoms with van der Waals surface area (Å²) in [5, 5.41) is 11.8. The first-order valence-electron chi connectivity index (χ1n) is 4.32. The zero-order chi connectivity index (χ0) is 11.8. The van der Waals surface area contributed by atoms with E-state index < -0.39 is 18.1 Å². The molecule has 0 fully saturated rings. The van der Waals surface area contributed by atoms with Crippen molar-refractivity contribution in [1.82, 2.24) is 5.32 Å². The van der Waals surface area contributed by atoms with Crippen molar-refractivity contribution in [1.29, 1.82) is 0 Å². The Morgan fingerprint density at radius 2 is 2.27 bits per heavy atom. The molecule has 0 heterocycles. The van der Waals surface area contributed by atoms with E-state index in [2.05, 4.69) is 23.2 Å². The summed E-state index contributed by atoms with van der Waals surface area (Å²) in [5.41, 5.74) is 0.384. The zero-order valence-electron chi connectivity index (χ0n) is 8.60. The summed E-state index contributed by atoms with van der Waals surface area (Å²) in [6.07, 6.45) is 1.04. The maximum Gasteiger partial charge on any atom is 0.331 e. The Bertz CT molecular complexity index is 262. The molecule has 5 nitrogen and oxygen atoms in total. The topological polar surface area (TPSA) is 75.6 Å². The summed E-state index contributed by atoms with van der Waals surface area (Å²) in [7, 11) is 1.17. The van der Waals surface area contributed by atoms with Gasteiger partial charge in [0.05, 0.1) is 7.11 Å². The van der Waals surface area contributed by atoms with Crippen LogP contribution in [0, 0.1) is 0 Å². The molecule has 0 aliphatic heterocycles. The van der Waals surface area contributed by atoms with Gasteiger partial charge >= 0.3 is 5.97 Å². The van der Waals surface area contributed by atoms with Gasteiger partial charge in [-0.15, -0.1) is 6.58 Å². The third-order valence-corrected chi connectivity index (χ3v) is 1.84. The fraction of sp³-hybridized carbons (Fsp3) is 0.400. The summed E-state index contributed by atoms with van der Waals surface area (Å²) < 4.78 is 4.43. The van der Waals surface area contributed by atoms with E-state index in [0.717, 1.165) is 0 Å². The van der Waals surface area contributed by atoms with Gasteiger partial charge in [0.2, 0.25) is 6.41 Å². The molecule has 0 aromatic heterocycles. The zero-order valence-corrected chi connectivity index (χ0v) is 8.60. The molecule has 0 aliphatic carbocycles. The SMILES string of the molecule is C=CCC(=C)C(O)C(NC=O)C(=O)OC. The Morgan fingerprint density at radius 3 is 2.67 bits per heavy atom. The van der Waals surface area contributed by atoms with Gasteiger partial charge in [-0.3, -0.25) is 4.79 Å². The lowest BCUT2D eigenvalue weighted by atomic mass is 10.0. The Morgan fingerprint density at radius 1 is 1.67 bits per heavy atom. The number of esters is 1. The van der Waals surface area contributed by atoms with Crippen molar-refractivity contribution in [2.24, 2.45) is 0 Å². The van der Waals surface area contributed by atoms with Crippen LogP contribution in [-0.2, 0) is 14.3 Å². The number of rotatable bonds is 7. The number of allylic oxidation sites excluding steroid dienone is 1. The van der Waals surface area contributed by atoms with Gasteiger partial charge < -0.3 is 15.2 Å². The van der Waals surface area contributed by atoms with Crippen LogP contribution in [0.3, 0.4) is 0 Å². The number of aliphatic hydroxyl groups is 1. The van der Waals surface area contributed by atoms with Crippen LogP contribution >= 0.6 is 0 Å². The van der Waals surface area contributed by atoms with Gasteiger partial charge in [-0.1, -0.05) is 12.7 Å². The Labute approximate surface area is 88.4 Å². The van der Waals surface area contributed by atoms with Crippen molar-refractivity contribution in [3.8, 4) is 0 Å². The van der Waals surface area contributed by atoms with E-state index >= 15 is 0 Å². The van der Waals surface area contributed by atoms with E-state index in [9.17, 15) is 14.7 Å². The predicted molar refractivity (Wildman–Crippen MR) is 55.0 cm³/mol. The molecule has 0 saturated heterocycles. The number of hydrogen-bond donors (Lipinski definition) is 2. The second-order valence-electron chi connectivity index (χ2n) is 2.88. The van der Waals surface area contributed by atoms with E-state index in [1.807, 2.05) is 0 Å². The second-order valence-corrected chi connectivity index (χ2v) is 2.88. The molecule has 0 saturated carbocycles. The van der Waals surface area contributed by atoms with Crippen molar-refractivity contribution in [2.75, 3.05) is 7.11 Å². The number of aliphatic hydroxyl groups excluding tert-OH is 1. The van der Waals surface area contributed by atoms with Crippen molar-refractivity contribution < 1.29 is 19.4 Å². The van der Waals surface area contributed by atoms with Crippen molar-refractivity contribution in [3.05, 3.63) is 24.8 Å². The first kappa shape index (κ1) is 13.4.